The number of nitrogens with one attached hydrogen (secondary N) is 1. The van der Waals surface area contributed by atoms with Crippen LogP contribution in [-0.2, 0) is 13.0 Å². The number of rotatable bonds is 5. The summed E-state index contributed by atoms with van der Waals surface area (Å²) >= 11 is 0. The van der Waals surface area contributed by atoms with E-state index >= 15 is 0 Å². The monoisotopic (exact) mass is 343 g/mol. The molecule has 1 aliphatic carbocycles. The Labute approximate surface area is 145 Å². The maximum atomic E-state index is 12.5. The van der Waals surface area contributed by atoms with Gasteiger partial charge in [-0.15, -0.1) is 0 Å². The van der Waals surface area contributed by atoms with E-state index < -0.39 is 0 Å². The number of aliphatic hydroxyl groups excluding tert-OH is 2. The molecule has 1 amide bonds. The van der Waals surface area contributed by atoms with Gasteiger partial charge in [-0.1, -0.05) is 6.07 Å². The van der Waals surface area contributed by atoms with Crippen molar-refractivity contribution in [3.63, 3.8) is 0 Å². The van der Waals surface area contributed by atoms with Crippen LogP contribution in [0.5, 0.6) is 5.75 Å². The van der Waals surface area contributed by atoms with Gasteiger partial charge in [0.15, 0.2) is 5.76 Å². The molecular weight excluding hydrogens is 322 g/mol. The molecule has 1 aromatic carbocycles. The quantitative estimate of drug-likeness (QED) is 0.772. The molecular formula is C19H21NO5. The van der Waals surface area contributed by atoms with Crippen LogP contribution in [0.2, 0.25) is 0 Å². The summed E-state index contributed by atoms with van der Waals surface area (Å²) in [5, 5.41) is 21.8. The molecule has 1 aromatic heterocycles. The molecule has 132 valence electrons. The molecule has 2 aromatic rings. The Hall–Kier alpha value is -2.31. The highest BCUT2D eigenvalue weighted by Crippen LogP contribution is 2.40. The fourth-order valence-electron chi connectivity index (χ4n) is 3.57. The van der Waals surface area contributed by atoms with Gasteiger partial charge in [-0.2, -0.15) is 0 Å². The molecule has 1 atom stereocenters. The van der Waals surface area contributed by atoms with Crippen LogP contribution in [0.3, 0.4) is 0 Å². The lowest BCUT2D eigenvalue weighted by atomic mass is 9.75. The van der Waals surface area contributed by atoms with E-state index in [4.69, 9.17) is 14.3 Å². The summed E-state index contributed by atoms with van der Waals surface area (Å²) in [5.41, 5.74) is 2.17. The first-order valence-electron chi connectivity index (χ1n) is 8.58. The number of hydrogen-bond donors (Lipinski definition) is 3. The minimum atomic E-state index is -0.317. The third kappa shape index (κ3) is 3.15. The van der Waals surface area contributed by atoms with Crippen molar-refractivity contribution in [1.29, 1.82) is 0 Å². The van der Waals surface area contributed by atoms with Crippen molar-refractivity contribution in [3.8, 4) is 5.75 Å². The number of benzene rings is 1. The highest BCUT2D eigenvalue weighted by molar-refractivity contribution is 5.91. The van der Waals surface area contributed by atoms with Crippen LogP contribution < -0.4 is 10.1 Å². The van der Waals surface area contributed by atoms with Crippen LogP contribution in [0, 0.1) is 5.92 Å². The molecule has 1 saturated carbocycles. The lowest BCUT2D eigenvalue weighted by molar-refractivity contribution is 0.0232. The van der Waals surface area contributed by atoms with Crippen molar-refractivity contribution in [2.45, 2.75) is 38.0 Å². The fourth-order valence-corrected chi connectivity index (χ4v) is 3.57. The number of aliphatic hydroxyl groups is 2. The summed E-state index contributed by atoms with van der Waals surface area (Å²) in [6.45, 7) is 0.449. The first-order chi connectivity index (χ1) is 12.1. The molecule has 2 aliphatic rings. The Morgan fingerprint density at radius 1 is 1.28 bits per heavy atom. The van der Waals surface area contributed by atoms with Crippen molar-refractivity contribution in [2.75, 3.05) is 6.61 Å². The molecule has 6 heteroatoms. The molecule has 2 heterocycles. The maximum Gasteiger partial charge on any atom is 0.287 e. The van der Waals surface area contributed by atoms with E-state index in [-0.39, 0.29) is 36.3 Å². The van der Waals surface area contributed by atoms with Crippen molar-refractivity contribution < 1.29 is 24.2 Å². The highest BCUT2D eigenvalue weighted by atomic mass is 16.5. The second kappa shape index (κ2) is 6.54. The predicted octanol–water partition coefficient (Wildman–Crippen LogP) is 1.95. The summed E-state index contributed by atoms with van der Waals surface area (Å²) in [4.78, 5) is 12.5. The van der Waals surface area contributed by atoms with Crippen LogP contribution in [-0.4, -0.2) is 28.8 Å². The summed E-state index contributed by atoms with van der Waals surface area (Å²) < 4.78 is 10.9. The molecule has 25 heavy (non-hydrogen) atoms. The van der Waals surface area contributed by atoms with E-state index in [0.717, 1.165) is 23.3 Å². The standard InChI is InChI=1S/C19H21NO5/c21-10-15-2-4-17(25-15)19(23)20-18(13-8-14(22)9-13)12-1-3-16-11(7-12)5-6-24-16/h1-4,7,13-14,18,21-22H,5-6,8-10H2,(H,20,23)/t13?,14?,18-/m1/s1. The Morgan fingerprint density at radius 2 is 2.12 bits per heavy atom. The van der Waals surface area contributed by atoms with E-state index in [1.165, 1.54) is 0 Å². The average Bonchev–Trinajstić information content (AvgIpc) is 3.25. The first-order valence-corrected chi connectivity index (χ1v) is 8.58. The molecule has 1 fully saturated rings. The number of furan rings is 1. The topological polar surface area (TPSA) is 91.9 Å². The third-order valence-corrected chi connectivity index (χ3v) is 5.02. The summed E-state index contributed by atoms with van der Waals surface area (Å²) in [5.74, 6) is 1.31. The second-order valence-corrected chi connectivity index (χ2v) is 6.73. The Morgan fingerprint density at radius 3 is 2.84 bits per heavy atom. The molecule has 0 bridgehead atoms. The maximum absolute atomic E-state index is 12.5. The Balaban J connectivity index is 1.57. The Bertz CT molecular complexity index is 778. The largest absolute Gasteiger partial charge is 0.493 e. The van der Waals surface area contributed by atoms with E-state index in [9.17, 15) is 9.90 Å². The number of hydrogen-bond acceptors (Lipinski definition) is 5. The zero-order valence-electron chi connectivity index (χ0n) is 13.8. The SMILES string of the molecule is O=C(N[C@H](c1ccc2c(c1)CCO2)C1CC(O)C1)c1ccc(CO)o1. The molecule has 4 rings (SSSR count). The third-order valence-electron chi connectivity index (χ3n) is 5.02. The summed E-state index contributed by atoms with van der Waals surface area (Å²) in [7, 11) is 0. The zero-order chi connectivity index (χ0) is 17.4. The lowest BCUT2D eigenvalue weighted by Crippen LogP contribution is -2.41. The van der Waals surface area contributed by atoms with Crippen molar-refractivity contribution in [1.82, 2.24) is 5.32 Å². The van der Waals surface area contributed by atoms with Gasteiger partial charge in [-0.3, -0.25) is 4.79 Å². The van der Waals surface area contributed by atoms with Gasteiger partial charge in [0.25, 0.3) is 5.91 Å². The summed E-state index contributed by atoms with van der Waals surface area (Å²) in [6.07, 6.45) is 1.90. The minimum absolute atomic E-state index is 0.179. The van der Waals surface area contributed by atoms with E-state index in [1.807, 2.05) is 12.1 Å². The van der Waals surface area contributed by atoms with Gasteiger partial charge >= 0.3 is 0 Å². The van der Waals surface area contributed by atoms with Crippen LogP contribution >= 0.6 is 0 Å². The predicted molar refractivity (Wildman–Crippen MR) is 89.2 cm³/mol. The first kappa shape index (κ1) is 16.2. The second-order valence-electron chi connectivity index (χ2n) is 6.73. The average molecular weight is 343 g/mol. The van der Waals surface area contributed by atoms with Gasteiger partial charge in [0, 0.05) is 6.42 Å². The molecule has 0 unspecified atom stereocenters. The fraction of sp³-hybridized carbons (Fsp3) is 0.421. The molecule has 3 N–H and O–H groups in total. The zero-order valence-corrected chi connectivity index (χ0v) is 13.8. The number of amides is 1. The number of ether oxygens (including phenoxy) is 1. The van der Waals surface area contributed by atoms with Crippen molar-refractivity contribution >= 4 is 5.91 Å². The molecule has 6 nitrogen and oxygen atoms in total. The van der Waals surface area contributed by atoms with Gasteiger partial charge in [0.1, 0.15) is 18.1 Å². The van der Waals surface area contributed by atoms with E-state index in [1.54, 1.807) is 12.1 Å². The van der Waals surface area contributed by atoms with Crippen LogP contribution in [0.4, 0.5) is 0 Å². The number of fused-ring (bicyclic) bond motifs is 1. The van der Waals surface area contributed by atoms with Crippen LogP contribution in [0.15, 0.2) is 34.7 Å². The molecule has 0 radical (unpaired) electrons. The van der Waals surface area contributed by atoms with Gasteiger partial charge < -0.3 is 24.7 Å². The normalized spacial score (nSPS) is 22.6. The highest BCUT2D eigenvalue weighted by Gasteiger charge is 2.36. The van der Waals surface area contributed by atoms with Gasteiger partial charge in [0.05, 0.1) is 18.8 Å². The van der Waals surface area contributed by atoms with Crippen molar-refractivity contribution in [2.24, 2.45) is 5.92 Å². The van der Waals surface area contributed by atoms with E-state index in [2.05, 4.69) is 11.4 Å². The van der Waals surface area contributed by atoms with Crippen LogP contribution in [0.25, 0.3) is 0 Å². The van der Waals surface area contributed by atoms with Gasteiger partial charge in [0.2, 0.25) is 0 Å². The smallest absolute Gasteiger partial charge is 0.287 e. The lowest BCUT2D eigenvalue weighted by Gasteiger charge is -2.38. The number of carbonyl (C=O) groups excluding carboxylic acids is 1. The summed E-state index contributed by atoms with van der Waals surface area (Å²) in [6, 6.07) is 8.96. The van der Waals surface area contributed by atoms with E-state index in [0.29, 0.717) is 25.2 Å². The van der Waals surface area contributed by atoms with Crippen molar-refractivity contribution in [3.05, 3.63) is 53.0 Å². The minimum Gasteiger partial charge on any atom is -0.493 e. The van der Waals surface area contributed by atoms with Gasteiger partial charge in [-0.25, -0.2) is 0 Å². The Kier molecular flexibility index (Phi) is 4.23. The molecule has 0 spiro atoms. The van der Waals surface area contributed by atoms with Gasteiger partial charge in [-0.05, 0) is 54.2 Å². The van der Waals surface area contributed by atoms with Crippen LogP contribution in [0.1, 0.15) is 46.3 Å². The molecule has 0 saturated heterocycles. The molecule has 1 aliphatic heterocycles. The number of carbonyl (C=O) groups is 1.